The Bertz CT molecular complexity index is 378. The van der Waals surface area contributed by atoms with Gasteiger partial charge in [0.05, 0.1) is 19.9 Å². The number of methoxy groups -OCH3 is 2. The number of pyridine rings is 1. The van der Waals surface area contributed by atoms with Crippen molar-refractivity contribution in [1.82, 2.24) is 10.3 Å². The Morgan fingerprint density at radius 3 is 2.78 bits per heavy atom. The molecule has 100 valence electrons. The van der Waals surface area contributed by atoms with Crippen LogP contribution in [0.1, 0.15) is 31.4 Å². The first kappa shape index (κ1) is 13.1. The molecule has 1 aliphatic rings. The Balaban J connectivity index is 1.83. The highest BCUT2D eigenvalue weighted by molar-refractivity contribution is 5.42. The minimum atomic E-state index is 0.729. The summed E-state index contributed by atoms with van der Waals surface area (Å²) in [7, 11) is 3.29. The van der Waals surface area contributed by atoms with E-state index in [-0.39, 0.29) is 0 Å². The molecule has 0 aliphatic heterocycles. The summed E-state index contributed by atoms with van der Waals surface area (Å²) in [6, 6.07) is 1.82. The summed E-state index contributed by atoms with van der Waals surface area (Å²) < 4.78 is 10.6. The Morgan fingerprint density at radius 2 is 2.17 bits per heavy atom. The number of aromatic nitrogens is 1. The number of nitrogens with zero attached hydrogens (tertiary/aromatic N) is 1. The van der Waals surface area contributed by atoms with Gasteiger partial charge in [0.2, 0.25) is 0 Å². The third-order valence-electron chi connectivity index (χ3n) is 3.61. The average molecular weight is 250 g/mol. The predicted molar refractivity (Wildman–Crippen MR) is 71.0 cm³/mol. The summed E-state index contributed by atoms with van der Waals surface area (Å²) in [5.41, 5.74) is 0.908. The molecule has 0 amide bonds. The quantitative estimate of drug-likeness (QED) is 0.755. The van der Waals surface area contributed by atoms with Gasteiger partial charge in [-0.25, -0.2) is 0 Å². The van der Waals surface area contributed by atoms with Crippen molar-refractivity contribution in [3.05, 3.63) is 18.0 Å². The third-order valence-corrected chi connectivity index (χ3v) is 3.61. The van der Waals surface area contributed by atoms with E-state index in [2.05, 4.69) is 10.3 Å². The van der Waals surface area contributed by atoms with E-state index in [9.17, 15) is 0 Å². The SMILES string of the molecule is COc1ccnc(CNCCC2CCC2)c1OC. The molecule has 1 fully saturated rings. The lowest BCUT2D eigenvalue weighted by molar-refractivity contribution is 0.291. The fourth-order valence-corrected chi connectivity index (χ4v) is 2.27. The summed E-state index contributed by atoms with van der Waals surface area (Å²) in [5.74, 6) is 2.41. The Kier molecular flexibility index (Phi) is 4.81. The molecule has 0 aromatic carbocycles. The van der Waals surface area contributed by atoms with Gasteiger partial charge in [0.15, 0.2) is 11.5 Å². The zero-order chi connectivity index (χ0) is 12.8. The van der Waals surface area contributed by atoms with Gasteiger partial charge in [-0.1, -0.05) is 19.3 Å². The van der Waals surface area contributed by atoms with Crippen molar-refractivity contribution < 1.29 is 9.47 Å². The smallest absolute Gasteiger partial charge is 0.183 e. The van der Waals surface area contributed by atoms with E-state index in [1.807, 2.05) is 6.07 Å². The van der Waals surface area contributed by atoms with Gasteiger partial charge in [-0.05, 0) is 18.9 Å². The summed E-state index contributed by atoms with van der Waals surface area (Å²) in [4.78, 5) is 4.34. The normalized spacial score (nSPS) is 15.2. The van der Waals surface area contributed by atoms with Gasteiger partial charge in [0, 0.05) is 18.8 Å². The maximum absolute atomic E-state index is 5.35. The van der Waals surface area contributed by atoms with Gasteiger partial charge in [0.1, 0.15) is 0 Å². The van der Waals surface area contributed by atoms with Crippen molar-refractivity contribution in [1.29, 1.82) is 0 Å². The molecule has 18 heavy (non-hydrogen) atoms. The van der Waals surface area contributed by atoms with E-state index in [1.165, 1.54) is 25.7 Å². The molecule has 1 N–H and O–H groups in total. The summed E-state index contributed by atoms with van der Waals surface area (Å²) in [5, 5.41) is 3.43. The van der Waals surface area contributed by atoms with E-state index in [4.69, 9.17) is 9.47 Å². The molecule has 0 atom stereocenters. The molecule has 0 radical (unpaired) electrons. The highest BCUT2D eigenvalue weighted by Crippen LogP contribution is 2.30. The van der Waals surface area contributed by atoms with Crippen LogP contribution in [0.3, 0.4) is 0 Å². The van der Waals surface area contributed by atoms with Gasteiger partial charge in [-0.2, -0.15) is 0 Å². The molecule has 2 rings (SSSR count). The van der Waals surface area contributed by atoms with E-state index < -0.39 is 0 Å². The maximum atomic E-state index is 5.35. The zero-order valence-electron chi connectivity index (χ0n) is 11.2. The molecule has 1 heterocycles. The largest absolute Gasteiger partial charge is 0.493 e. The maximum Gasteiger partial charge on any atom is 0.183 e. The molecule has 4 nitrogen and oxygen atoms in total. The molecule has 1 saturated carbocycles. The van der Waals surface area contributed by atoms with Gasteiger partial charge >= 0.3 is 0 Å². The first-order valence-corrected chi connectivity index (χ1v) is 6.61. The van der Waals surface area contributed by atoms with Crippen molar-refractivity contribution in [3.63, 3.8) is 0 Å². The van der Waals surface area contributed by atoms with Gasteiger partial charge in [-0.15, -0.1) is 0 Å². The molecular weight excluding hydrogens is 228 g/mol. The lowest BCUT2D eigenvalue weighted by Crippen LogP contribution is -2.21. The van der Waals surface area contributed by atoms with Gasteiger partial charge in [0.25, 0.3) is 0 Å². The molecule has 1 aromatic rings. The lowest BCUT2D eigenvalue weighted by atomic mass is 9.83. The summed E-state index contributed by atoms with van der Waals surface area (Å²) in [6.45, 7) is 1.78. The standard InChI is InChI=1S/C14H22N2O2/c1-17-13-7-9-16-12(14(13)18-2)10-15-8-6-11-4-3-5-11/h7,9,11,15H,3-6,8,10H2,1-2H3. The van der Waals surface area contributed by atoms with Crippen molar-refractivity contribution in [2.24, 2.45) is 5.92 Å². The number of hydrogen-bond acceptors (Lipinski definition) is 4. The number of nitrogens with one attached hydrogen (secondary N) is 1. The highest BCUT2D eigenvalue weighted by Gasteiger charge is 2.16. The average Bonchev–Trinajstić information content (AvgIpc) is 2.35. The van der Waals surface area contributed by atoms with E-state index in [0.29, 0.717) is 0 Å². The van der Waals surface area contributed by atoms with Crippen LogP contribution in [0.25, 0.3) is 0 Å². The molecule has 0 unspecified atom stereocenters. The topological polar surface area (TPSA) is 43.4 Å². The molecule has 0 saturated heterocycles. The second kappa shape index (κ2) is 6.59. The molecular formula is C14H22N2O2. The predicted octanol–water partition coefficient (Wildman–Crippen LogP) is 2.38. The highest BCUT2D eigenvalue weighted by atomic mass is 16.5. The molecule has 0 bridgehead atoms. The van der Waals surface area contributed by atoms with Crippen molar-refractivity contribution in [2.45, 2.75) is 32.2 Å². The second-order valence-electron chi connectivity index (χ2n) is 4.76. The van der Waals surface area contributed by atoms with Crippen LogP contribution in [-0.4, -0.2) is 25.7 Å². The first-order valence-electron chi connectivity index (χ1n) is 6.61. The summed E-state index contributed by atoms with van der Waals surface area (Å²) >= 11 is 0. The van der Waals surface area contributed by atoms with Crippen LogP contribution in [0, 0.1) is 5.92 Å². The molecule has 1 aromatic heterocycles. The van der Waals surface area contributed by atoms with Crippen LogP contribution in [0.4, 0.5) is 0 Å². The number of rotatable bonds is 7. The van der Waals surface area contributed by atoms with Crippen LogP contribution in [-0.2, 0) is 6.54 Å². The molecule has 1 aliphatic carbocycles. The van der Waals surface area contributed by atoms with Gasteiger partial charge < -0.3 is 14.8 Å². The summed E-state index contributed by atoms with van der Waals surface area (Å²) in [6.07, 6.45) is 7.25. The van der Waals surface area contributed by atoms with Gasteiger partial charge in [-0.3, -0.25) is 4.98 Å². The van der Waals surface area contributed by atoms with E-state index in [0.717, 1.165) is 36.2 Å². The van der Waals surface area contributed by atoms with Crippen LogP contribution in [0.2, 0.25) is 0 Å². The zero-order valence-corrected chi connectivity index (χ0v) is 11.2. The van der Waals surface area contributed by atoms with Crippen molar-refractivity contribution in [3.8, 4) is 11.5 Å². The van der Waals surface area contributed by atoms with Crippen molar-refractivity contribution in [2.75, 3.05) is 20.8 Å². The van der Waals surface area contributed by atoms with Crippen LogP contribution in [0.15, 0.2) is 12.3 Å². The molecule has 4 heteroatoms. The lowest BCUT2D eigenvalue weighted by Gasteiger charge is -2.25. The van der Waals surface area contributed by atoms with E-state index >= 15 is 0 Å². The first-order chi connectivity index (χ1) is 8.85. The number of ether oxygens (including phenoxy) is 2. The Hall–Kier alpha value is -1.29. The molecule has 0 spiro atoms. The van der Waals surface area contributed by atoms with Crippen molar-refractivity contribution >= 4 is 0 Å². The van der Waals surface area contributed by atoms with Crippen LogP contribution in [0.5, 0.6) is 11.5 Å². The van der Waals surface area contributed by atoms with Crippen LogP contribution >= 0.6 is 0 Å². The fraction of sp³-hybridized carbons (Fsp3) is 0.643. The second-order valence-corrected chi connectivity index (χ2v) is 4.76. The third kappa shape index (κ3) is 3.13. The Morgan fingerprint density at radius 1 is 1.33 bits per heavy atom. The van der Waals surface area contributed by atoms with E-state index in [1.54, 1.807) is 20.4 Å². The monoisotopic (exact) mass is 250 g/mol. The fourth-order valence-electron chi connectivity index (χ4n) is 2.27. The number of hydrogen-bond donors (Lipinski definition) is 1. The minimum absolute atomic E-state index is 0.729. The minimum Gasteiger partial charge on any atom is -0.493 e. The Labute approximate surface area is 109 Å². The van der Waals surface area contributed by atoms with Crippen LogP contribution < -0.4 is 14.8 Å².